The molecule has 0 radical (unpaired) electrons. The smallest absolute Gasteiger partial charge is 0.316 e. The number of benzene rings is 1. The first-order valence-corrected chi connectivity index (χ1v) is 6.30. The summed E-state index contributed by atoms with van der Waals surface area (Å²) in [6.45, 7) is 0. The van der Waals surface area contributed by atoms with E-state index < -0.39 is 11.6 Å². The summed E-state index contributed by atoms with van der Waals surface area (Å²) >= 11 is 0. The molecule has 3 amide bonds. The number of urea groups is 1. The Balaban J connectivity index is 2.17. The Hall–Kier alpha value is -2.36. The molecule has 0 bridgehead atoms. The summed E-state index contributed by atoms with van der Waals surface area (Å²) in [7, 11) is 0. The van der Waals surface area contributed by atoms with Crippen LogP contribution in [0.4, 0.5) is 4.79 Å². The van der Waals surface area contributed by atoms with E-state index in [4.69, 9.17) is 0 Å². The van der Waals surface area contributed by atoms with Crippen molar-refractivity contribution in [2.45, 2.75) is 18.4 Å². The Kier molecular flexibility index (Phi) is 2.71. The number of hydrogen-bond donors (Lipinski definition) is 2. The van der Waals surface area contributed by atoms with Gasteiger partial charge in [-0.25, -0.2) is 4.79 Å². The number of imide groups is 1. The van der Waals surface area contributed by atoms with Gasteiger partial charge in [0.05, 0.1) is 0 Å². The van der Waals surface area contributed by atoms with Crippen LogP contribution in [0.25, 0.3) is 0 Å². The highest BCUT2D eigenvalue weighted by Crippen LogP contribution is 2.35. The highest BCUT2D eigenvalue weighted by atomic mass is 16.2. The van der Waals surface area contributed by atoms with E-state index >= 15 is 0 Å². The molecule has 1 aliphatic heterocycles. The third-order valence-electron chi connectivity index (χ3n) is 3.50. The van der Waals surface area contributed by atoms with Crippen molar-refractivity contribution in [1.29, 1.82) is 0 Å². The van der Waals surface area contributed by atoms with E-state index in [-0.39, 0.29) is 5.91 Å². The molecule has 1 atom stereocenters. The number of carbonyl (C=O) groups excluding carboxylic acids is 2. The Bertz CT molecular complexity index is 589. The van der Waals surface area contributed by atoms with Crippen LogP contribution in [0.15, 0.2) is 54.1 Å². The maximum absolute atomic E-state index is 12.3. The van der Waals surface area contributed by atoms with Gasteiger partial charge < -0.3 is 5.32 Å². The molecule has 1 fully saturated rings. The van der Waals surface area contributed by atoms with Gasteiger partial charge in [0.15, 0.2) is 5.54 Å². The van der Waals surface area contributed by atoms with Crippen LogP contribution in [0.1, 0.15) is 18.4 Å². The summed E-state index contributed by atoms with van der Waals surface area (Å²) in [5.74, 6) is -0.318. The van der Waals surface area contributed by atoms with E-state index in [0.29, 0.717) is 0 Å². The molecular weight excluding hydrogens is 240 g/mol. The van der Waals surface area contributed by atoms with Crippen LogP contribution >= 0.6 is 0 Å². The number of amides is 3. The molecule has 1 heterocycles. The van der Waals surface area contributed by atoms with E-state index in [1.165, 1.54) is 0 Å². The van der Waals surface area contributed by atoms with Crippen molar-refractivity contribution in [3.05, 3.63) is 59.7 Å². The van der Waals surface area contributed by atoms with Crippen molar-refractivity contribution in [3.8, 4) is 0 Å². The van der Waals surface area contributed by atoms with Gasteiger partial charge in [-0.05, 0) is 24.0 Å². The fraction of sp³-hybridized carbons (Fsp3) is 0.200. The third kappa shape index (κ3) is 1.76. The average molecular weight is 254 g/mol. The highest BCUT2D eigenvalue weighted by Gasteiger charge is 2.49. The van der Waals surface area contributed by atoms with Gasteiger partial charge in [-0.2, -0.15) is 0 Å². The molecule has 4 nitrogen and oxygen atoms in total. The molecule has 1 aromatic rings. The molecule has 1 aliphatic carbocycles. The standard InChI is InChI=1S/C15H14N2O2/c18-13-15(17-14(19)16-13,11-7-3-1-4-8-11)12-9-5-2-6-10-12/h1,3-5,7-10H,2,6H2,(H2,16,17,18,19). The Morgan fingerprint density at radius 3 is 2.42 bits per heavy atom. The maximum Gasteiger partial charge on any atom is 0.322 e. The zero-order chi connectivity index (χ0) is 13.3. The topological polar surface area (TPSA) is 58.2 Å². The molecule has 1 saturated heterocycles. The van der Waals surface area contributed by atoms with E-state index in [1.54, 1.807) is 0 Å². The van der Waals surface area contributed by atoms with Crippen molar-refractivity contribution in [2.24, 2.45) is 0 Å². The van der Waals surface area contributed by atoms with Crippen LogP contribution in [-0.4, -0.2) is 11.9 Å². The lowest BCUT2D eigenvalue weighted by Gasteiger charge is -2.29. The summed E-state index contributed by atoms with van der Waals surface area (Å²) in [6, 6.07) is 8.87. The normalized spacial score (nSPS) is 25.8. The minimum Gasteiger partial charge on any atom is -0.316 e. The van der Waals surface area contributed by atoms with Crippen LogP contribution in [0.2, 0.25) is 0 Å². The van der Waals surface area contributed by atoms with Gasteiger partial charge in [0.1, 0.15) is 0 Å². The van der Waals surface area contributed by atoms with Gasteiger partial charge in [-0.1, -0.05) is 48.6 Å². The van der Waals surface area contributed by atoms with E-state index in [0.717, 1.165) is 24.0 Å². The van der Waals surface area contributed by atoms with Crippen molar-refractivity contribution in [3.63, 3.8) is 0 Å². The number of nitrogens with one attached hydrogen (secondary N) is 2. The molecule has 4 heteroatoms. The first kappa shape index (κ1) is 11.7. The summed E-state index contributed by atoms with van der Waals surface area (Å²) in [5.41, 5.74) is 0.513. The monoisotopic (exact) mass is 254 g/mol. The quantitative estimate of drug-likeness (QED) is 0.793. The van der Waals surface area contributed by atoms with Gasteiger partial charge in [-0.3, -0.25) is 10.1 Å². The second-order valence-electron chi connectivity index (χ2n) is 4.66. The lowest BCUT2D eigenvalue weighted by Crippen LogP contribution is -2.45. The lowest BCUT2D eigenvalue weighted by atomic mass is 9.80. The molecule has 1 aromatic carbocycles. The predicted molar refractivity (Wildman–Crippen MR) is 71.3 cm³/mol. The van der Waals surface area contributed by atoms with Gasteiger partial charge in [0.2, 0.25) is 0 Å². The largest absolute Gasteiger partial charge is 0.322 e. The van der Waals surface area contributed by atoms with Crippen LogP contribution in [0, 0.1) is 0 Å². The fourth-order valence-corrected chi connectivity index (χ4v) is 2.61. The van der Waals surface area contributed by atoms with E-state index in [2.05, 4.69) is 10.6 Å². The van der Waals surface area contributed by atoms with Crippen LogP contribution in [-0.2, 0) is 10.3 Å². The van der Waals surface area contributed by atoms with Crippen molar-refractivity contribution < 1.29 is 9.59 Å². The van der Waals surface area contributed by atoms with E-state index in [9.17, 15) is 9.59 Å². The average Bonchev–Trinajstić information content (AvgIpc) is 2.76. The van der Waals surface area contributed by atoms with E-state index in [1.807, 2.05) is 48.6 Å². The number of allylic oxidation sites excluding steroid dienone is 2. The predicted octanol–water partition coefficient (Wildman–Crippen LogP) is 2.00. The maximum atomic E-state index is 12.3. The van der Waals surface area contributed by atoms with Crippen LogP contribution in [0.3, 0.4) is 0 Å². The zero-order valence-corrected chi connectivity index (χ0v) is 10.3. The molecule has 2 N–H and O–H groups in total. The van der Waals surface area contributed by atoms with Crippen molar-refractivity contribution in [1.82, 2.24) is 10.6 Å². The molecular formula is C15H14N2O2. The minimum absolute atomic E-state index is 0.318. The number of rotatable bonds is 2. The Morgan fingerprint density at radius 2 is 1.84 bits per heavy atom. The fourth-order valence-electron chi connectivity index (χ4n) is 2.61. The molecule has 0 aromatic heterocycles. The van der Waals surface area contributed by atoms with Gasteiger partial charge in [0, 0.05) is 0 Å². The summed E-state index contributed by atoms with van der Waals surface area (Å²) in [4.78, 5) is 23.9. The summed E-state index contributed by atoms with van der Waals surface area (Å²) in [6.07, 6.45) is 7.80. The molecule has 2 aliphatic rings. The highest BCUT2D eigenvalue weighted by molar-refractivity contribution is 6.09. The van der Waals surface area contributed by atoms with Crippen LogP contribution in [0.5, 0.6) is 0 Å². The second kappa shape index (κ2) is 4.39. The number of carbonyl (C=O) groups is 2. The Labute approximate surface area is 111 Å². The molecule has 0 spiro atoms. The van der Waals surface area contributed by atoms with Gasteiger partial charge in [0.25, 0.3) is 5.91 Å². The molecule has 96 valence electrons. The molecule has 0 saturated carbocycles. The van der Waals surface area contributed by atoms with Crippen molar-refractivity contribution >= 4 is 11.9 Å². The number of hydrogen-bond acceptors (Lipinski definition) is 2. The molecule has 3 rings (SSSR count). The first-order valence-electron chi connectivity index (χ1n) is 6.30. The first-order chi connectivity index (χ1) is 9.23. The lowest BCUT2D eigenvalue weighted by molar-refractivity contribution is -0.122. The molecule has 19 heavy (non-hydrogen) atoms. The van der Waals surface area contributed by atoms with Gasteiger partial charge >= 0.3 is 6.03 Å². The summed E-state index contributed by atoms with van der Waals surface area (Å²) < 4.78 is 0. The second-order valence-corrected chi connectivity index (χ2v) is 4.66. The molecule has 1 unspecified atom stereocenters. The SMILES string of the molecule is O=C1NC(=O)C(C2=CCCC=C2)(c2ccccc2)N1. The Morgan fingerprint density at radius 1 is 1.05 bits per heavy atom. The van der Waals surface area contributed by atoms with Gasteiger partial charge in [-0.15, -0.1) is 0 Å². The van der Waals surface area contributed by atoms with Crippen LogP contribution < -0.4 is 10.6 Å². The zero-order valence-electron chi connectivity index (χ0n) is 10.3. The summed E-state index contributed by atoms with van der Waals surface area (Å²) in [5, 5.41) is 5.12. The minimum atomic E-state index is -1.09. The third-order valence-corrected chi connectivity index (χ3v) is 3.50. The van der Waals surface area contributed by atoms with Crippen molar-refractivity contribution in [2.75, 3.05) is 0 Å².